The summed E-state index contributed by atoms with van der Waals surface area (Å²) in [5.74, 6) is 0.267. The molecule has 2 aromatic heterocycles. The molecule has 0 saturated heterocycles. The molecule has 0 aromatic carbocycles. The first-order chi connectivity index (χ1) is 8.34. The molecule has 0 bridgehead atoms. The summed E-state index contributed by atoms with van der Waals surface area (Å²) in [6, 6.07) is 4.03. The van der Waals surface area contributed by atoms with E-state index in [2.05, 4.69) is 10.5 Å². The maximum Gasteiger partial charge on any atom is 0.293 e. The van der Waals surface area contributed by atoms with Gasteiger partial charge in [0.1, 0.15) is 0 Å². The largest absolute Gasteiger partial charge is 0.351 e. The molecule has 1 aliphatic rings. The third-order valence-electron chi connectivity index (χ3n) is 2.83. The van der Waals surface area contributed by atoms with Crippen LogP contribution in [0.25, 0.3) is 0 Å². The van der Waals surface area contributed by atoms with Crippen LogP contribution in [0.1, 0.15) is 29.0 Å². The minimum Gasteiger partial charge on any atom is -0.351 e. The van der Waals surface area contributed by atoms with Crippen LogP contribution in [-0.4, -0.2) is 22.0 Å². The minimum absolute atomic E-state index is 0.0591. The minimum atomic E-state index is -0.0591. The monoisotopic (exact) mass is 248 g/mol. The third kappa shape index (κ3) is 2.24. The molecular formula is C12H12N2O2S. The molecule has 0 aliphatic heterocycles. The summed E-state index contributed by atoms with van der Waals surface area (Å²) in [4.78, 5) is 14.1. The van der Waals surface area contributed by atoms with Crippen molar-refractivity contribution in [2.45, 2.75) is 25.4 Å². The van der Waals surface area contributed by atoms with E-state index in [0.717, 1.165) is 12.8 Å². The van der Waals surface area contributed by atoms with E-state index >= 15 is 0 Å². The summed E-state index contributed by atoms with van der Waals surface area (Å²) in [6.07, 6.45) is 3.68. The molecular weight excluding hydrogens is 236 g/mol. The molecule has 3 rings (SSSR count). The van der Waals surface area contributed by atoms with Crippen molar-refractivity contribution in [3.63, 3.8) is 0 Å². The van der Waals surface area contributed by atoms with Gasteiger partial charge in [0.05, 0.1) is 6.20 Å². The highest BCUT2D eigenvalue weighted by Gasteiger charge is 2.34. The van der Waals surface area contributed by atoms with Gasteiger partial charge < -0.3 is 9.42 Å². The maximum absolute atomic E-state index is 12.2. The predicted molar refractivity (Wildman–Crippen MR) is 63.7 cm³/mol. The molecule has 17 heavy (non-hydrogen) atoms. The molecule has 1 fully saturated rings. The van der Waals surface area contributed by atoms with Crippen molar-refractivity contribution in [3.8, 4) is 0 Å². The van der Waals surface area contributed by atoms with Gasteiger partial charge in [0.2, 0.25) is 5.76 Å². The van der Waals surface area contributed by atoms with E-state index in [1.807, 2.05) is 16.3 Å². The second-order valence-corrected chi connectivity index (χ2v) is 4.95. The summed E-state index contributed by atoms with van der Waals surface area (Å²) in [6.45, 7) is 0.660. The molecule has 0 radical (unpaired) electrons. The van der Waals surface area contributed by atoms with Crippen molar-refractivity contribution in [1.29, 1.82) is 0 Å². The number of carbonyl (C=O) groups is 1. The summed E-state index contributed by atoms with van der Waals surface area (Å²) in [7, 11) is 0. The van der Waals surface area contributed by atoms with Gasteiger partial charge in [0, 0.05) is 18.7 Å². The van der Waals surface area contributed by atoms with E-state index in [9.17, 15) is 4.79 Å². The third-order valence-corrected chi connectivity index (χ3v) is 3.56. The first-order valence-corrected chi connectivity index (χ1v) is 6.51. The zero-order chi connectivity index (χ0) is 11.7. The smallest absolute Gasteiger partial charge is 0.293 e. The Balaban J connectivity index is 1.78. The van der Waals surface area contributed by atoms with E-state index in [0.29, 0.717) is 18.3 Å². The summed E-state index contributed by atoms with van der Waals surface area (Å²) in [5, 5.41) is 7.68. The van der Waals surface area contributed by atoms with Crippen molar-refractivity contribution in [1.82, 2.24) is 10.1 Å². The normalized spacial score (nSPS) is 14.8. The number of thiophene rings is 1. The van der Waals surface area contributed by atoms with Crippen LogP contribution in [0.15, 0.2) is 33.6 Å². The van der Waals surface area contributed by atoms with Gasteiger partial charge in [-0.05, 0) is 35.2 Å². The lowest BCUT2D eigenvalue weighted by Crippen LogP contribution is -2.32. The van der Waals surface area contributed by atoms with Gasteiger partial charge in [-0.25, -0.2) is 0 Å². The lowest BCUT2D eigenvalue weighted by molar-refractivity contribution is 0.0687. The Kier molecular flexibility index (Phi) is 2.68. The Hall–Kier alpha value is -1.62. The molecule has 1 amide bonds. The van der Waals surface area contributed by atoms with E-state index < -0.39 is 0 Å². The molecule has 0 N–H and O–H groups in total. The average Bonchev–Trinajstić information content (AvgIpc) is 2.86. The zero-order valence-corrected chi connectivity index (χ0v) is 10.0. The molecule has 0 spiro atoms. The van der Waals surface area contributed by atoms with E-state index in [-0.39, 0.29) is 5.91 Å². The predicted octanol–water partition coefficient (Wildman–Crippen LogP) is 2.54. The number of rotatable bonds is 4. The van der Waals surface area contributed by atoms with Crippen molar-refractivity contribution < 1.29 is 9.32 Å². The van der Waals surface area contributed by atoms with Gasteiger partial charge in [0.25, 0.3) is 5.91 Å². The second kappa shape index (κ2) is 4.33. The van der Waals surface area contributed by atoms with Crippen molar-refractivity contribution in [2.24, 2.45) is 0 Å². The number of amides is 1. The van der Waals surface area contributed by atoms with Gasteiger partial charge in [-0.1, -0.05) is 5.16 Å². The fourth-order valence-corrected chi connectivity index (χ4v) is 2.46. The molecule has 0 unspecified atom stereocenters. The zero-order valence-electron chi connectivity index (χ0n) is 9.20. The number of carbonyl (C=O) groups excluding carboxylic acids is 1. The number of aromatic nitrogens is 1. The Bertz CT molecular complexity index is 489. The first-order valence-electron chi connectivity index (χ1n) is 5.57. The molecule has 1 aliphatic carbocycles. The van der Waals surface area contributed by atoms with Crippen molar-refractivity contribution in [2.75, 3.05) is 0 Å². The van der Waals surface area contributed by atoms with Crippen LogP contribution in [0.4, 0.5) is 0 Å². The van der Waals surface area contributed by atoms with Crippen LogP contribution in [0.3, 0.4) is 0 Å². The van der Waals surface area contributed by atoms with E-state index in [1.54, 1.807) is 17.4 Å². The lowest BCUT2D eigenvalue weighted by atomic mass is 10.3. The van der Waals surface area contributed by atoms with Gasteiger partial charge in [-0.2, -0.15) is 11.3 Å². The summed E-state index contributed by atoms with van der Waals surface area (Å²) < 4.78 is 4.93. The molecule has 2 aromatic rings. The highest BCUT2D eigenvalue weighted by Crippen LogP contribution is 2.30. The Morgan fingerprint density at radius 1 is 1.53 bits per heavy atom. The van der Waals surface area contributed by atoms with Gasteiger partial charge in [0.15, 0.2) is 0 Å². The van der Waals surface area contributed by atoms with Crippen molar-refractivity contribution in [3.05, 3.63) is 40.4 Å². The lowest BCUT2D eigenvalue weighted by Gasteiger charge is -2.20. The summed E-state index contributed by atoms with van der Waals surface area (Å²) >= 11 is 1.65. The fraction of sp³-hybridized carbons (Fsp3) is 0.333. The molecule has 5 heteroatoms. The van der Waals surface area contributed by atoms with Crippen LogP contribution < -0.4 is 0 Å². The number of nitrogens with zero attached hydrogens (tertiary/aromatic N) is 2. The highest BCUT2D eigenvalue weighted by atomic mass is 32.1. The van der Waals surface area contributed by atoms with E-state index in [1.165, 1.54) is 11.8 Å². The quantitative estimate of drug-likeness (QED) is 0.835. The van der Waals surface area contributed by atoms with Gasteiger partial charge in [-0.3, -0.25) is 4.79 Å². The van der Waals surface area contributed by atoms with Crippen LogP contribution in [0.5, 0.6) is 0 Å². The van der Waals surface area contributed by atoms with Gasteiger partial charge in [-0.15, -0.1) is 0 Å². The molecule has 0 atom stereocenters. The second-order valence-electron chi connectivity index (χ2n) is 4.17. The molecule has 1 saturated carbocycles. The van der Waals surface area contributed by atoms with Crippen LogP contribution in [0.2, 0.25) is 0 Å². The maximum atomic E-state index is 12.2. The summed E-state index contributed by atoms with van der Waals surface area (Å²) in [5.41, 5.74) is 1.18. The van der Waals surface area contributed by atoms with E-state index in [4.69, 9.17) is 4.52 Å². The standard InChI is InChI=1S/C12H12N2O2S/c15-12(11-3-5-13-16-11)14(10-1-2-10)7-9-4-6-17-8-9/h3-6,8,10H,1-2,7H2. The van der Waals surface area contributed by atoms with Crippen molar-refractivity contribution >= 4 is 17.2 Å². The molecule has 2 heterocycles. The van der Waals surface area contributed by atoms with Crippen LogP contribution in [-0.2, 0) is 6.54 Å². The number of hydrogen-bond donors (Lipinski definition) is 0. The fourth-order valence-electron chi connectivity index (χ4n) is 1.80. The Labute approximate surface area is 103 Å². The average molecular weight is 248 g/mol. The van der Waals surface area contributed by atoms with Crippen LogP contribution >= 0.6 is 11.3 Å². The highest BCUT2D eigenvalue weighted by molar-refractivity contribution is 7.07. The van der Waals surface area contributed by atoms with Crippen LogP contribution in [0, 0.1) is 0 Å². The Morgan fingerprint density at radius 3 is 3.00 bits per heavy atom. The topological polar surface area (TPSA) is 46.3 Å². The number of hydrogen-bond acceptors (Lipinski definition) is 4. The molecule has 4 nitrogen and oxygen atoms in total. The SMILES string of the molecule is O=C(c1ccno1)N(Cc1ccsc1)C1CC1. The van der Waals surface area contributed by atoms with Gasteiger partial charge >= 0.3 is 0 Å². The first kappa shape index (κ1) is 10.5. The Morgan fingerprint density at radius 2 is 2.41 bits per heavy atom. The molecule has 88 valence electrons.